The third-order valence-electron chi connectivity index (χ3n) is 9.44. The minimum atomic E-state index is -0.250. The molecule has 1 unspecified atom stereocenters. The van der Waals surface area contributed by atoms with E-state index in [-0.39, 0.29) is 6.47 Å². The van der Waals surface area contributed by atoms with Gasteiger partial charge in [0.2, 0.25) is 5.91 Å². The minimum Gasteiger partial charge on any atom is -0.493 e. The van der Waals surface area contributed by atoms with Gasteiger partial charge in [0.1, 0.15) is 12.4 Å². The molecule has 2 aromatic carbocycles. The first-order valence-electron chi connectivity index (χ1n) is 19.2. The molecule has 3 fully saturated rings. The molecular formula is C42H66N2O7. The van der Waals surface area contributed by atoms with Crippen molar-refractivity contribution >= 4 is 12.4 Å². The molecule has 1 saturated carbocycles. The maximum Gasteiger partial charge on any atom is 0.290 e. The maximum absolute atomic E-state index is 11.8. The Balaban J connectivity index is 0.000000322. The largest absolute Gasteiger partial charge is 0.493 e. The van der Waals surface area contributed by atoms with Crippen LogP contribution in [0.4, 0.5) is 0 Å². The molecule has 1 N–H and O–H groups in total. The van der Waals surface area contributed by atoms with Gasteiger partial charge in [-0.3, -0.25) is 14.5 Å². The van der Waals surface area contributed by atoms with E-state index in [0.29, 0.717) is 18.4 Å². The number of morpholine rings is 1. The second-order valence-corrected chi connectivity index (χ2v) is 13.3. The van der Waals surface area contributed by atoms with Crippen LogP contribution in [-0.2, 0) is 27.2 Å². The number of methoxy groups -OCH3 is 2. The zero-order chi connectivity index (χ0) is 36.9. The molecule has 0 spiro atoms. The quantitative estimate of drug-likeness (QED) is 0.164. The van der Waals surface area contributed by atoms with Crippen LogP contribution in [0, 0.1) is 0 Å². The predicted octanol–water partition coefficient (Wildman–Crippen LogP) is 8.38. The van der Waals surface area contributed by atoms with Gasteiger partial charge in [-0.05, 0) is 94.2 Å². The van der Waals surface area contributed by atoms with Crippen LogP contribution < -0.4 is 14.2 Å². The van der Waals surface area contributed by atoms with Crippen molar-refractivity contribution in [3.8, 4) is 17.2 Å². The second-order valence-electron chi connectivity index (χ2n) is 13.3. The first kappa shape index (κ1) is 43.6. The fraction of sp³-hybridized carbons (Fsp3) is 0.619. The summed E-state index contributed by atoms with van der Waals surface area (Å²) in [6.45, 7) is 10.2. The van der Waals surface area contributed by atoms with Crippen molar-refractivity contribution in [1.82, 2.24) is 9.80 Å². The summed E-state index contributed by atoms with van der Waals surface area (Å²) in [4.78, 5) is 24.6. The highest BCUT2D eigenvalue weighted by molar-refractivity contribution is 5.76. The van der Waals surface area contributed by atoms with Crippen LogP contribution in [0.15, 0.2) is 54.6 Å². The van der Waals surface area contributed by atoms with Crippen LogP contribution in [0.1, 0.15) is 102 Å². The molecule has 0 radical (unpaired) electrons. The van der Waals surface area contributed by atoms with E-state index in [1.165, 1.54) is 68.9 Å². The molecule has 0 aromatic heterocycles. The van der Waals surface area contributed by atoms with Crippen molar-refractivity contribution in [2.75, 3.05) is 60.2 Å². The molecule has 51 heavy (non-hydrogen) atoms. The lowest BCUT2D eigenvalue weighted by molar-refractivity contribution is -0.134. The van der Waals surface area contributed by atoms with E-state index in [1.54, 1.807) is 14.2 Å². The van der Waals surface area contributed by atoms with E-state index in [2.05, 4.69) is 48.2 Å². The first-order chi connectivity index (χ1) is 24.9. The van der Waals surface area contributed by atoms with Crippen molar-refractivity contribution < 1.29 is 33.6 Å². The van der Waals surface area contributed by atoms with E-state index in [4.69, 9.17) is 28.8 Å². The molecule has 5 rings (SSSR count). The van der Waals surface area contributed by atoms with Gasteiger partial charge in [0.05, 0.1) is 27.4 Å². The highest BCUT2D eigenvalue weighted by Gasteiger charge is 2.22. The van der Waals surface area contributed by atoms with Gasteiger partial charge in [0, 0.05) is 38.6 Å². The van der Waals surface area contributed by atoms with Crippen LogP contribution in [0.2, 0.25) is 0 Å². The third-order valence-corrected chi connectivity index (χ3v) is 9.44. The zero-order valence-corrected chi connectivity index (χ0v) is 32.0. The molecule has 9 heteroatoms. The summed E-state index contributed by atoms with van der Waals surface area (Å²) < 4.78 is 22.0. The van der Waals surface area contributed by atoms with Crippen molar-refractivity contribution in [1.29, 1.82) is 0 Å². The van der Waals surface area contributed by atoms with E-state index in [1.807, 2.05) is 30.0 Å². The molecule has 2 aromatic rings. The van der Waals surface area contributed by atoms with Crippen molar-refractivity contribution in [3.63, 3.8) is 0 Å². The molecule has 9 nitrogen and oxygen atoms in total. The lowest BCUT2D eigenvalue weighted by Crippen LogP contribution is -2.41. The number of carboxylic acid groups (broad SMARTS) is 1. The van der Waals surface area contributed by atoms with E-state index in [9.17, 15) is 4.79 Å². The highest BCUT2D eigenvalue weighted by Crippen LogP contribution is 2.28. The number of aryl methyl sites for hydroxylation is 2. The smallest absolute Gasteiger partial charge is 0.290 e. The van der Waals surface area contributed by atoms with Crippen molar-refractivity contribution in [2.45, 2.75) is 110 Å². The van der Waals surface area contributed by atoms with Gasteiger partial charge < -0.3 is 29.0 Å². The Morgan fingerprint density at radius 1 is 0.882 bits per heavy atom. The monoisotopic (exact) mass is 710 g/mol. The van der Waals surface area contributed by atoms with E-state index >= 15 is 0 Å². The summed E-state index contributed by atoms with van der Waals surface area (Å²) in [6, 6.07) is 15.0. The number of rotatable bonds is 13. The normalized spacial score (nSPS) is 17.4. The van der Waals surface area contributed by atoms with Gasteiger partial charge in [-0.1, -0.05) is 68.9 Å². The van der Waals surface area contributed by atoms with Gasteiger partial charge in [-0.15, -0.1) is 0 Å². The number of amides is 1. The molecule has 1 atom stereocenters. The summed E-state index contributed by atoms with van der Waals surface area (Å²) in [5.74, 6) is 2.84. The van der Waals surface area contributed by atoms with Crippen LogP contribution >= 0.6 is 0 Å². The molecule has 3 aliphatic rings. The Morgan fingerprint density at radius 3 is 2.14 bits per heavy atom. The summed E-state index contributed by atoms with van der Waals surface area (Å²) in [7, 11) is 3.33. The van der Waals surface area contributed by atoms with Crippen LogP contribution in [0.3, 0.4) is 0 Å². The van der Waals surface area contributed by atoms with Gasteiger partial charge in [0.15, 0.2) is 11.5 Å². The number of nitrogens with zero attached hydrogens (tertiary/aromatic N) is 2. The fourth-order valence-corrected chi connectivity index (χ4v) is 6.49. The van der Waals surface area contributed by atoms with Crippen LogP contribution in [0.25, 0.3) is 0 Å². The minimum absolute atomic E-state index is 0.250. The Labute approximate surface area is 308 Å². The molecule has 0 bridgehead atoms. The Hall–Kier alpha value is -3.56. The van der Waals surface area contributed by atoms with E-state index in [0.717, 1.165) is 88.9 Å². The van der Waals surface area contributed by atoms with Gasteiger partial charge in [-0.25, -0.2) is 0 Å². The molecule has 2 aliphatic heterocycles. The van der Waals surface area contributed by atoms with Crippen LogP contribution in [0.5, 0.6) is 17.2 Å². The zero-order valence-electron chi connectivity index (χ0n) is 32.0. The van der Waals surface area contributed by atoms with Gasteiger partial charge >= 0.3 is 0 Å². The number of ether oxygens (including phenoxy) is 4. The van der Waals surface area contributed by atoms with Gasteiger partial charge in [-0.2, -0.15) is 0 Å². The Morgan fingerprint density at radius 2 is 1.53 bits per heavy atom. The average molecular weight is 711 g/mol. The second kappa shape index (κ2) is 28.1. The SMILES string of the molecule is C/C=C/CCC(=O)N1CCCCC1C.C1CCCCC1.COc1ccc(CCCc2cccc(OCCN3CCOCC3)c2)cc1OC.O=CO. The molecule has 1 amide bonds. The number of piperidine rings is 1. The van der Waals surface area contributed by atoms with E-state index < -0.39 is 0 Å². The summed E-state index contributed by atoms with van der Waals surface area (Å²) in [5, 5.41) is 6.89. The Kier molecular flexibility index (Phi) is 24.0. The van der Waals surface area contributed by atoms with Crippen molar-refractivity contribution in [3.05, 3.63) is 65.7 Å². The Bertz CT molecular complexity index is 1220. The summed E-state index contributed by atoms with van der Waals surface area (Å²) >= 11 is 0. The van der Waals surface area contributed by atoms with Gasteiger partial charge in [0.25, 0.3) is 6.47 Å². The number of likely N-dealkylation sites (tertiary alicyclic amines) is 1. The maximum atomic E-state index is 11.8. The molecule has 1 aliphatic carbocycles. The fourth-order valence-electron chi connectivity index (χ4n) is 6.49. The lowest BCUT2D eigenvalue weighted by Gasteiger charge is -2.33. The first-order valence-corrected chi connectivity index (χ1v) is 19.2. The lowest BCUT2D eigenvalue weighted by atomic mass is 10.0. The molecule has 2 heterocycles. The third kappa shape index (κ3) is 19.0. The predicted molar refractivity (Wildman–Crippen MR) is 206 cm³/mol. The topological polar surface area (TPSA) is 97.8 Å². The number of carbonyl (C=O) groups excluding carboxylic acids is 1. The number of carbonyl (C=O) groups is 2. The summed E-state index contributed by atoms with van der Waals surface area (Å²) in [5.41, 5.74) is 2.57. The number of hydrogen-bond acceptors (Lipinski definition) is 7. The number of hydrogen-bond donors (Lipinski definition) is 1. The standard InChI is InChI=1S/C23H31NO4.C12H21NO.C6H12.CH2O2/c1-25-22-10-9-20(18-23(22)26-2)6-3-5-19-7-4-8-21(17-19)28-16-13-24-11-14-27-15-12-24;1-3-4-5-9-12(14)13-10-7-6-8-11(13)2;1-2-4-6-5-3-1;2-1-3/h4,7-10,17-18H,3,5-6,11-16H2,1-2H3;3-4,11H,5-10H2,1-2H3;1-6H2;1H,(H,2,3)/b;4-3+;;. The summed E-state index contributed by atoms with van der Waals surface area (Å²) in [6.07, 6.45) is 21.4. The number of benzene rings is 2. The molecule has 286 valence electrons. The average Bonchev–Trinajstić information content (AvgIpc) is 3.17. The molecule has 2 saturated heterocycles. The number of allylic oxidation sites excluding steroid dienone is 2. The van der Waals surface area contributed by atoms with Crippen molar-refractivity contribution in [2.24, 2.45) is 0 Å². The van der Waals surface area contributed by atoms with Crippen LogP contribution in [-0.4, -0.2) is 93.5 Å². The molecular weight excluding hydrogens is 644 g/mol. The highest BCUT2D eigenvalue weighted by atomic mass is 16.5.